The molecule has 6 nitrogen and oxygen atoms in total. The zero-order valence-electron chi connectivity index (χ0n) is 17.3. The molecule has 152 valence electrons. The molecule has 2 aromatic rings. The standard InChI is InChI=1S/C22H32N4O2/c1-22(2,3)21-24-20(28-25-21)10-8-9-19(27)23-17-11-13-18(14-12-17)26-15-6-4-5-7-16-26/h11-14H,4-10,15-16H2,1-3H3,(H,23,27). The molecular formula is C22H32N4O2. The fourth-order valence-electron chi connectivity index (χ4n) is 3.37. The summed E-state index contributed by atoms with van der Waals surface area (Å²) in [5.41, 5.74) is 1.96. The number of aromatic nitrogens is 2. The Balaban J connectivity index is 1.43. The van der Waals surface area contributed by atoms with Gasteiger partial charge in [0.05, 0.1) is 0 Å². The SMILES string of the molecule is CC(C)(C)c1noc(CCCC(=O)Nc2ccc(N3CCCCCC3)cc2)n1. The van der Waals surface area contributed by atoms with E-state index in [9.17, 15) is 4.79 Å². The average Bonchev–Trinajstić information content (AvgIpc) is 2.97. The molecule has 6 heteroatoms. The van der Waals surface area contributed by atoms with Gasteiger partial charge in [-0.2, -0.15) is 4.98 Å². The summed E-state index contributed by atoms with van der Waals surface area (Å²) in [6, 6.07) is 8.19. The van der Waals surface area contributed by atoms with Gasteiger partial charge >= 0.3 is 0 Å². The third-order valence-electron chi connectivity index (χ3n) is 5.06. The van der Waals surface area contributed by atoms with Gasteiger partial charge < -0.3 is 14.7 Å². The maximum atomic E-state index is 12.2. The quantitative estimate of drug-likeness (QED) is 0.781. The van der Waals surface area contributed by atoms with Crippen molar-refractivity contribution >= 4 is 17.3 Å². The van der Waals surface area contributed by atoms with Crippen molar-refractivity contribution in [2.45, 2.75) is 71.1 Å². The number of benzene rings is 1. The monoisotopic (exact) mass is 384 g/mol. The fraction of sp³-hybridized carbons (Fsp3) is 0.591. The van der Waals surface area contributed by atoms with Crippen molar-refractivity contribution in [1.82, 2.24) is 10.1 Å². The number of rotatable bonds is 6. The van der Waals surface area contributed by atoms with Gasteiger partial charge in [0.25, 0.3) is 0 Å². The summed E-state index contributed by atoms with van der Waals surface area (Å²) in [6.45, 7) is 8.39. The Morgan fingerprint density at radius 2 is 1.79 bits per heavy atom. The number of anilines is 2. The Bertz CT molecular complexity index is 754. The van der Waals surface area contributed by atoms with Gasteiger partial charge in [0.1, 0.15) is 0 Å². The third kappa shape index (κ3) is 5.81. The first-order valence-electron chi connectivity index (χ1n) is 10.4. The highest BCUT2D eigenvalue weighted by molar-refractivity contribution is 5.90. The summed E-state index contributed by atoms with van der Waals surface area (Å²) < 4.78 is 5.27. The lowest BCUT2D eigenvalue weighted by molar-refractivity contribution is -0.116. The van der Waals surface area contributed by atoms with Crippen LogP contribution in [-0.4, -0.2) is 29.1 Å². The van der Waals surface area contributed by atoms with E-state index in [1.54, 1.807) is 0 Å². The molecule has 1 N–H and O–H groups in total. The van der Waals surface area contributed by atoms with E-state index in [0.29, 0.717) is 31.0 Å². The van der Waals surface area contributed by atoms with Crippen LogP contribution in [-0.2, 0) is 16.6 Å². The lowest BCUT2D eigenvalue weighted by Crippen LogP contribution is -2.23. The van der Waals surface area contributed by atoms with Crippen molar-refractivity contribution < 1.29 is 9.32 Å². The molecule has 0 spiro atoms. The predicted molar refractivity (Wildman–Crippen MR) is 112 cm³/mol. The Morgan fingerprint density at radius 3 is 2.39 bits per heavy atom. The van der Waals surface area contributed by atoms with Crippen LogP contribution in [0.15, 0.2) is 28.8 Å². The number of nitrogens with one attached hydrogen (secondary N) is 1. The van der Waals surface area contributed by atoms with Crippen molar-refractivity contribution in [3.05, 3.63) is 36.0 Å². The molecule has 1 aliphatic rings. The number of carbonyl (C=O) groups excluding carboxylic acids is 1. The van der Waals surface area contributed by atoms with Crippen molar-refractivity contribution in [1.29, 1.82) is 0 Å². The van der Waals surface area contributed by atoms with Gasteiger partial charge in [0.2, 0.25) is 11.8 Å². The second-order valence-corrected chi connectivity index (χ2v) is 8.61. The highest BCUT2D eigenvalue weighted by Crippen LogP contribution is 2.22. The van der Waals surface area contributed by atoms with Crippen LogP contribution in [0, 0.1) is 0 Å². The molecule has 3 rings (SSSR count). The summed E-state index contributed by atoms with van der Waals surface area (Å²) in [6.07, 6.45) is 6.90. The van der Waals surface area contributed by atoms with Gasteiger partial charge in [0, 0.05) is 42.7 Å². The van der Waals surface area contributed by atoms with E-state index in [1.165, 1.54) is 31.4 Å². The average molecular weight is 385 g/mol. The smallest absolute Gasteiger partial charge is 0.226 e. The van der Waals surface area contributed by atoms with Crippen LogP contribution in [0.3, 0.4) is 0 Å². The minimum Gasteiger partial charge on any atom is -0.372 e. The Kier molecular flexibility index (Phi) is 6.70. The molecule has 0 atom stereocenters. The normalized spacial score (nSPS) is 15.3. The summed E-state index contributed by atoms with van der Waals surface area (Å²) >= 11 is 0. The van der Waals surface area contributed by atoms with Gasteiger partial charge in [-0.1, -0.05) is 38.8 Å². The topological polar surface area (TPSA) is 71.3 Å². The lowest BCUT2D eigenvalue weighted by atomic mass is 9.96. The van der Waals surface area contributed by atoms with Crippen LogP contribution in [0.25, 0.3) is 0 Å². The Labute approximate surface area is 167 Å². The van der Waals surface area contributed by atoms with Crippen LogP contribution < -0.4 is 10.2 Å². The molecule has 2 heterocycles. The maximum Gasteiger partial charge on any atom is 0.226 e. The van der Waals surface area contributed by atoms with Crippen molar-refractivity contribution in [3.8, 4) is 0 Å². The van der Waals surface area contributed by atoms with E-state index < -0.39 is 0 Å². The summed E-state index contributed by atoms with van der Waals surface area (Å²) in [7, 11) is 0. The number of aryl methyl sites for hydroxylation is 1. The maximum absolute atomic E-state index is 12.2. The van der Waals surface area contributed by atoms with Crippen LogP contribution in [0.2, 0.25) is 0 Å². The first-order valence-corrected chi connectivity index (χ1v) is 10.4. The van der Waals surface area contributed by atoms with Gasteiger partial charge in [-0.3, -0.25) is 4.79 Å². The molecule has 1 amide bonds. The van der Waals surface area contributed by atoms with Crippen molar-refractivity contribution in [2.24, 2.45) is 0 Å². The second-order valence-electron chi connectivity index (χ2n) is 8.61. The predicted octanol–water partition coefficient (Wildman–Crippen LogP) is 4.71. The summed E-state index contributed by atoms with van der Waals surface area (Å²) in [5.74, 6) is 1.31. The first kappa shape index (κ1) is 20.4. The molecule has 0 aliphatic carbocycles. The van der Waals surface area contributed by atoms with E-state index in [4.69, 9.17) is 4.52 Å². The zero-order chi connectivity index (χ0) is 20.0. The molecule has 0 radical (unpaired) electrons. The molecule has 0 unspecified atom stereocenters. The molecule has 0 bridgehead atoms. The molecule has 1 fully saturated rings. The minimum atomic E-state index is -0.126. The highest BCUT2D eigenvalue weighted by Gasteiger charge is 2.20. The van der Waals surface area contributed by atoms with E-state index in [1.807, 2.05) is 32.9 Å². The zero-order valence-corrected chi connectivity index (χ0v) is 17.3. The number of carbonyl (C=O) groups is 1. The largest absolute Gasteiger partial charge is 0.372 e. The van der Waals surface area contributed by atoms with E-state index >= 15 is 0 Å². The number of hydrogen-bond donors (Lipinski definition) is 1. The van der Waals surface area contributed by atoms with Crippen LogP contribution in [0.4, 0.5) is 11.4 Å². The lowest BCUT2D eigenvalue weighted by Gasteiger charge is -2.22. The van der Waals surface area contributed by atoms with Gasteiger partial charge in [0.15, 0.2) is 5.82 Å². The number of nitrogens with zero attached hydrogens (tertiary/aromatic N) is 3. The van der Waals surface area contributed by atoms with Gasteiger partial charge in [-0.15, -0.1) is 0 Å². The highest BCUT2D eigenvalue weighted by atomic mass is 16.5. The summed E-state index contributed by atoms with van der Waals surface area (Å²) in [4.78, 5) is 19.1. The van der Waals surface area contributed by atoms with Crippen molar-refractivity contribution in [2.75, 3.05) is 23.3 Å². The van der Waals surface area contributed by atoms with Crippen LogP contribution in [0.5, 0.6) is 0 Å². The Morgan fingerprint density at radius 1 is 1.11 bits per heavy atom. The number of amides is 1. The third-order valence-corrected chi connectivity index (χ3v) is 5.06. The molecule has 28 heavy (non-hydrogen) atoms. The van der Waals surface area contributed by atoms with Crippen molar-refractivity contribution in [3.63, 3.8) is 0 Å². The molecule has 1 saturated heterocycles. The van der Waals surface area contributed by atoms with Gasteiger partial charge in [-0.05, 0) is 43.5 Å². The van der Waals surface area contributed by atoms with Gasteiger partial charge in [-0.25, -0.2) is 0 Å². The first-order chi connectivity index (χ1) is 13.4. The van der Waals surface area contributed by atoms with E-state index in [-0.39, 0.29) is 11.3 Å². The summed E-state index contributed by atoms with van der Waals surface area (Å²) in [5, 5.41) is 6.99. The molecule has 1 aromatic carbocycles. The second kappa shape index (κ2) is 9.22. The van der Waals surface area contributed by atoms with Crippen LogP contribution >= 0.6 is 0 Å². The number of hydrogen-bond acceptors (Lipinski definition) is 5. The fourth-order valence-corrected chi connectivity index (χ4v) is 3.37. The van der Waals surface area contributed by atoms with E-state index in [0.717, 1.165) is 18.8 Å². The van der Waals surface area contributed by atoms with E-state index in [2.05, 4.69) is 32.5 Å². The Hall–Kier alpha value is -2.37. The molecule has 1 aliphatic heterocycles. The van der Waals surface area contributed by atoms with Crippen LogP contribution in [0.1, 0.15) is 71.0 Å². The minimum absolute atomic E-state index is 0.0121. The molecular weight excluding hydrogens is 352 g/mol. The molecule has 1 aromatic heterocycles. The molecule has 0 saturated carbocycles.